The maximum atomic E-state index is 11.6. The van der Waals surface area contributed by atoms with E-state index in [1.54, 1.807) is 4.90 Å². The van der Waals surface area contributed by atoms with Crippen molar-refractivity contribution in [2.45, 2.75) is 32.0 Å². The number of carbonyl (C=O) groups excluding carboxylic acids is 1. The molecular formula is C16H22N4O2. The van der Waals surface area contributed by atoms with Crippen LogP contribution in [0.15, 0.2) is 12.3 Å². The van der Waals surface area contributed by atoms with Crippen LogP contribution in [-0.2, 0) is 22.6 Å². The van der Waals surface area contributed by atoms with Gasteiger partial charge >= 0.3 is 0 Å². The number of aryl methyl sites for hydroxylation is 1. The molecule has 3 heterocycles. The van der Waals surface area contributed by atoms with Gasteiger partial charge in [-0.1, -0.05) is 0 Å². The van der Waals surface area contributed by atoms with Gasteiger partial charge in [-0.15, -0.1) is 0 Å². The van der Waals surface area contributed by atoms with E-state index in [9.17, 15) is 4.79 Å². The summed E-state index contributed by atoms with van der Waals surface area (Å²) in [7, 11) is 1.84. The summed E-state index contributed by atoms with van der Waals surface area (Å²) in [6.45, 7) is 6.33. The third-order valence-electron chi connectivity index (χ3n) is 4.66. The van der Waals surface area contributed by atoms with Crippen LogP contribution in [0.1, 0.15) is 24.6 Å². The normalized spacial score (nSPS) is 25.9. The zero-order valence-electron chi connectivity index (χ0n) is 13.2. The van der Waals surface area contributed by atoms with Crippen molar-refractivity contribution < 1.29 is 9.53 Å². The summed E-state index contributed by atoms with van der Waals surface area (Å²) in [6.07, 6.45) is 3.01. The van der Waals surface area contributed by atoms with E-state index in [0.717, 1.165) is 38.2 Å². The zero-order valence-corrected chi connectivity index (χ0v) is 13.2. The van der Waals surface area contributed by atoms with E-state index in [0.29, 0.717) is 12.2 Å². The van der Waals surface area contributed by atoms with E-state index >= 15 is 0 Å². The van der Waals surface area contributed by atoms with Gasteiger partial charge in [0.05, 0.1) is 6.54 Å². The molecule has 1 atom stereocenters. The van der Waals surface area contributed by atoms with Crippen LogP contribution in [0.5, 0.6) is 0 Å². The van der Waals surface area contributed by atoms with Crippen LogP contribution in [0.3, 0.4) is 0 Å². The van der Waals surface area contributed by atoms with Gasteiger partial charge in [0.2, 0.25) is 5.91 Å². The molecule has 6 nitrogen and oxygen atoms in total. The molecule has 1 amide bonds. The Morgan fingerprint density at radius 2 is 2.27 bits per heavy atom. The van der Waals surface area contributed by atoms with Crippen LogP contribution in [0, 0.1) is 11.3 Å². The van der Waals surface area contributed by atoms with E-state index in [4.69, 9.17) is 10.00 Å². The molecule has 118 valence electrons. The van der Waals surface area contributed by atoms with E-state index in [1.807, 2.05) is 24.6 Å². The standard InChI is InChI=1S/C16H22N4O2/c1-3-20-9-13(6-14(20)7-17)8-19-5-4-16(12-19)11-18(2)15(21)10-22-16/h6,9H,3-5,8,10-12H2,1-2H3/t16-/m0/s1. The summed E-state index contributed by atoms with van der Waals surface area (Å²) < 4.78 is 7.83. The largest absolute Gasteiger partial charge is 0.362 e. The number of carbonyl (C=O) groups is 1. The number of amides is 1. The van der Waals surface area contributed by atoms with Crippen molar-refractivity contribution >= 4 is 5.91 Å². The molecule has 0 radical (unpaired) electrons. The minimum Gasteiger partial charge on any atom is -0.362 e. The van der Waals surface area contributed by atoms with Crippen molar-refractivity contribution in [1.82, 2.24) is 14.4 Å². The summed E-state index contributed by atoms with van der Waals surface area (Å²) in [4.78, 5) is 15.7. The van der Waals surface area contributed by atoms with Gasteiger partial charge in [0, 0.05) is 39.4 Å². The second-order valence-electron chi connectivity index (χ2n) is 6.31. The molecular weight excluding hydrogens is 280 g/mol. The van der Waals surface area contributed by atoms with E-state index in [1.165, 1.54) is 0 Å². The number of likely N-dealkylation sites (tertiary alicyclic amines) is 1. The fourth-order valence-electron chi connectivity index (χ4n) is 3.47. The number of ether oxygens (including phenoxy) is 1. The Morgan fingerprint density at radius 3 is 2.91 bits per heavy atom. The molecule has 22 heavy (non-hydrogen) atoms. The fraction of sp³-hybridized carbons (Fsp3) is 0.625. The van der Waals surface area contributed by atoms with E-state index < -0.39 is 0 Å². The molecule has 2 aliphatic heterocycles. The van der Waals surface area contributed by atoms with Crippen LogP contribution >= 0.6 is 0 Å². The number of nitriles is 1. The van der Waals surface area contributed by atoms with Crippen molar-refractivity contribution in [3.05, 3.63) is 23.5 Å². The minimum absolute atomic E-state index is 0.0581. The number of rotatable bonds is 3. The number of nitrogens with zero attached hydrogens (tertiary/aromatic N) is 4. The van der Waals surface area contributed by atoms with Gasteiger partial charge in [-0.05, 0) is 25.0 Å². The maximum absolute atomic E-state index is 11.6. The Balaban J connectivity index is 1.65. The fourth-order valence-corrected chi connectivity index (χ4v) is 3.47. The molecule has 0 aromatic carbocycles. The lowest BCUT2D eigenvalue weighted by atomic mass is 10.0. The van der Waals surface area contributed by atoms with Crippen molar-refractivity contribution in [1.29, 1.82) is 5.26 Å². The Hall–Kier alpha value is -1.84. The van der Waals surface area contributed by atoms with Crippen LogP contribution in [0.25, 0.3) is 0 Å². The number of hydrogen-bond acceptors (Lipinski definition) is 4. The maximum Gasteiger partial charge on any atom is 0.248 e. The number of aromatic nitrogens is 1. The molecule has 2 saturated heterocycles. The predicted octanol–water partition coefficient (Wildman–Crippen LogP) is 0.813. The average Bonchev–Trinajstić information content (AvgIpc) is 3.08. The van der Waals surface area contributed by atoms with Gasteiger partial charge in [0.1, 0.15) is 24.0 Å². The molecule has 0 saturated carbocycles. The van der Waals surface area contributed by atoms with Crippen molar-refractivity contribution in [2.24, 2.45) is 0 Å². The summed E-state index contributed by atoms with van der Waals surface area (Å²) >= 11 is 0. The molecule has 2 aliphatic rings. The lowest BCUT2D eigenvalue weighted by Gasteiger charge is -2.38. The van der Waals surface area contributed by atoms with Crippen LogP contribution < -0.4 is 0 Å². The van der Waals surface area contributed by atoms with Crippen molar-refractivity contribution in [2.75, 3.05) is 33.3 Å². The summed E-state index contributed by atoms with van der Waals surface area (Å²) in [5, 5.41) is 9.13. The SMILES string of the molecule is CCn1cc(CN2CC[C@@]3(C2)CN(C)C(=O)CO3)cc1C#N. The molecule has 0 bridgehead atoms. The van der Waals surface area contributed by atoms with Crippen LogP contribution in [0.2, 0.25) is 0 Å². The first-order valence-corrected chi connectivity index (χ1v) is 7.75. The number of likely N-dealkylation sites (N-methyl/N-ethyl adjacent to an activating group) is 1. The lowest BCUT2D eigenvalue weighted by Crippen LogP contribution is -2.54. The zero-order chi connectivity index (χ0) is 15.7. The van der Waals surface area contributed by atoms with Crippen molar-refractivity contribution in [3.63, 3.8) is 0 Å². The lowest BCUT2D eigenvalue weighted by molar-refractivity contribution is -0.159. The third kappa shape index (κ3) is 2.74. The Morgan fingerprint density at radius 1 is 1.45 bits per heavy atom. The second-order valence-corrected chi connectivity index (χ2v) is 6.31. The summed E-state index contributed by atoms with van der Waals surface area (Å²) in [6, 6.07) is 4.20. The molecule has 0 aliphatic carbocycles. The van der Waals surface area contributed by atoms with Gasteiger partial charge in [-0.25, -0.2) is 0 Å². The van der Waals surface area contributed by atoms with E-state index in [2.05, 4.69) is 17.2 Å². The minimum atomic E-state index is -0.214. The first-order valence-electron chi connectivity index (χ1n) is 7.75. The highest BCUT2D eigenvalue weighted by Crippen LogP contribution is 2.30. The summed E-state index contributed by atoms with van der Waals surface area (Å²) in [5.74, 6) is 0.0581. The average molecular weight is 302 g/mol. The topological polar surface area (TPSA) is 61.5 Å². The molecule has 6 heteroatoms. The molecule has 0 N–H and O–H groups in total. The van der Waals surface area contributed by atoms with Gasteiger partial charge < -0.3 is 14.2 Å². The number of morpholine rings is 1. The highest BCUT2D eigenvalue weighted by atomic mass is 16.5. The number of hydrogen-bond donors (Lipinski definition) is 0. The molecule has 1 spiro atoms. The molecule has 1 aromatic heterocycles. The predicted molar refractivity (Wildman–Crippen MR) is 81.0 cm³/mol. The quantitative estimate of drug-likeness (QED) is 0.829. The Labute approximate surface area is 130 Å². The van der Waals surface area contributed by atoms with Gasteiger partial charge in [0.15, 0.2) is 0 Å². The second kappa shape index (κ2) is 5.75. The highest BCUT2D eigenvalue weighted by molar-refractivity contribution is 5.78. The van der Waals surface area contributed by atoms with Gasteiger partial charge in [-0.3, -0.25) is 9.69 Å². The first-order chi connectivity index (χ1) is 10.5. The molecule has 1 aromatic rings. The van der Waals surface area contributed by atoms with Crippen molar-refractivity contribution in [3.8, 4) is 6.07 Å². The molecule has 0 unspecified atom stereocenters. The van der Waals surface area contributed by atoms with Gasteiger partial charge in [-0.2, -0.15) is 5.26 Å². The van der Waals surface area contributed by atoms with Crippen LogP contribution in [-0.4, -0.2) is 59.2 Å². The Kier molecular flexibility index (Phi) is 3.94. The molecule has 2 fully saturated rings. The van der Waals surface area contributed by atoms with Gasteiger partial charge in [0.25, 0.3) is 0 Å². The van der Waals surface area contributed by atoms with E-state index in [-0.39, 0.29) is 18.1 Å². The van der Waals surface area contributed by atoms with Crippen LogP contribution in [0.4, 0.5) is 0 Å². The molecule has 3 rings (SSSR count). The highest BCUT2D eigenvalue weighted by Gasteiger charge is 2.43. The third-order valence-corrected chi connectivity index (χ3v) is 4.66. The smallest absolute Gasteiger partial charge is 0.248 e. The summed E-state index contributed by atoms with van der Waals surface area (Å²) in [5.41, 5.74) is 1.66. The Bertz CT molecular complexity index is 618. The first kappa shape index (κ1) is 15.1. The monoisotopic (exact) mass is 302 g/mol.